The minimum Gasteiger partial charge on any atom is -0.396 e. The average Bonchev–Trinajstić information content (AvgIpc) is 3.26. The van der Waals surface area contributed by atoms with E-state index in [4.69, 9.17) is 0 Å². The van der Waals surface area contributed by atoms with Crippen LogP contribution in [-0.4, -0.2) is 64.2 Å². The molecule has 2 saturated heterocycles. The Morgan fingerprint density at radius 3 is 2.00 bits per heavy atom. The van der Waals surface area contributed by atoms with Crippen LogP contribution in [0, 0.1) is 12.3 Å². The van der Waals surface area contributed by atoms with E-state index in [-0.39, 0.29) is 48.7 Å². The standard InChI is InChI=1S/C23H34N2O4.C11H10F6/c1-3-4-9-20(28)25-13-12-24-19(21(25)18-8-6-5-7-17(18)2)16-23(10-14-26,11-15-27)22(24)29;1-6(2)7-3-8(10(12,13)14)5-9(4-7)11(15,16)17/h5-8,19,21,26-27H,3-4,9-16H2,1-2H3;3-6H,1-2H3. The SMILES string of the molecule is CC(C)c1cc(C(F)(F)F)cc(C(F)(F)F)c1.CCCCC(=O)N1CCN2C(=O)C(CCO)(CCO)CC2C1c1ccccc1C. The number of alkyl halides is 6. The maximum Gasteiger partial charge on any atom is 0.416 e. The molecule has 2 aliphatic rings. The van der Waals surface area contributed by atoms with Gasteiger partial charge in [-0.1, -0.05) is 51.5 Å². The highest BCUT2D eigenvalue weighted by atomic mass is 19.4. The van der Waals surface area contributed by atoms with Crippen molar-refractivity contribution in [3.8, 4) is 0 Å². The van der Waals surface area contributed by atoms with Crippen molar-refractivity contribution in [3.05, 3.63) is 70.3 Å². The molecule has 0 saturated carbocycles. The zero-order valence-electron chi connectivity index (χ0n) is 26.7. The third-order valence-corrected chi connectivity index (χ3v) is 9.03. The number of aryl methyl sites for hydroxylation is 1. The highest BCUT2D eigenvalue weighted by molar-refractivity contribution is 5.86. The zero-order valence-corrected chi connectivity index (χ0v) is 26.7. The van der Waals surface area contributed by atoms with Crippen LogP contribution in [0.5, 0.6) is 0 Å². The minimum atomic E-state index is -4.77. The number of piperazine rings is 1. The Morgan fingerprint density at radius 1 is 0.957 bits per heavy atom. The largest absolute Gasteiger partial charge is 0.416 e. The normalized spacial score (nSPS) is 19.6. The van der Waals surface area contributed by atoms with Gasteiger partial charge < -0.3 is 20.0 Å². The van der Waals surface area contributed by atoms with E-state index < -0.39 is 34.8 Å². The molecule has 0 spiro atoms. The van der Waals surface area contributed by atoms with Gasteiger partial charge in [0.25, 0.3) is 0 Å². The minimum absolute atomic E-state index is 0.0184. The fourth-order valence-corrected chi connectivity index (χ4v) is 6.49. The predicted octanol–water partition coefficient (Wildman–Crippen LogP) is 7.27. The highest BCUT2D eigenvalue weighted by Gasteiger charge is 2.56. The fourth-order valence-electron chi connectivity index (χ4n) is 6.49. The molecule has 2 aromatic rings. The van der Waals surface area contributed by atoms with Crippen molar-refractivity contribution in [2.45, 2.75) is 96.6 Å². The summed E-state index contributed by atoms with van der Waals surface area (Å²) >= 11 is 0. The predicted molar refractivity (Wildman–Crippen MR) is 162 cm³/mol. The van der Waals surface area contributed by atoms with Gasteiger partial charge in [-0.05, 0) is 73.4 Å². The van der Waals surface area contributed by atoms with Crippen LogP contribution in [0.3, 0.4) is 0 Å². The Hall–Kier alpha value is -3.12. The molecule has 256 valence electrons. The van der Waals surface area contributed by atoms with E-state index in [9.17, 15) is 46.1 Å². The molecular weight excluding hydrogens is 614 g/mol. The summed E-state index contributed by atoms with van der Waals surface area (Å²) in [6, 6.07) is 9.41. The number of unbranched alkanes of at least 4 members (excludes halogenated alkanes) is 1. The van der Waals surface area contributed by atoms with Gasteiger partial charge >= 0.3 is 12.4 Å². The van der Waals surface area contributed by atoms with Crippen molar-refractivity contribution >= 4 is 11.8 Å². The summed E-state index contributed by atoms with van der Waals surface area (Å²) in [4.78, 5) is 30.3. The number of halogens is 6. The van der Waals surface area contributed by atoms with Crippen molar-refractivity contribution in [2.75, 3.05) is 26.3 Å². The molecule has 0 aliphatic carbocycles. The summed E-state index contributed by atoms with van der Waals surface area (Å²) < 4.78 is 74.6. The summed E-state index contributed by atoms with van der Waals surface area (Å²) in [6.07, 6.45) is -5.93. The Balaban J connectivity index is 0.000000289. The molecule has 2 amide bonds. The molecule has 2 atom stereocenters. The number of carbonyl (C=O) groups is 2. The quantitative estimate of drug-likeness (QED) is 0.278. The van der Waals surface area contributed by atoms with Crippen LogP contribution in [-0.2, 0) is 21.9 Å². The number of nitrogens with zero attached hydrogens (tertiary/aromatic N) is 2. The monoisotopic (exact) mass is 658 g/mol. The van der Waals surface area contributed by atoms with Gasteiger partial charge in [-0.2, -0.15) is 26.3 Å². The highest BCUT2D eigenvalue weighted by Crippen LogP contribution is 2.49. The molecule has 0 aromatic heterocycles. The number of carbonyl (C=O) groups excluding carboxylic acids is 2. The third-order valence-electron chi connectivity index (χ3n) is 9.03. The molecule has 0 bridgehead atoms. The van der Waals surface area contributed by atoms with Crippen molar-refractivity contribution in [2.24, 2.45) is 5.41 Å². The Labute approximate surface area is 266 Å². The van der Waals surface area contributed by atoms with E-state index in [0.29, 0.717) is 38.8 Å². The van der Waals surface area contributed by atoms with Gasteiger partial charge in [0.05, 0.1) is 28.6 Å². The molecule has 4 rings (SSSR count). The molecule has 2 aromatic carbocycles. The lowest BCUT2D eigenvalue weighted by Crippen LogP contribution is -2.55. The van der Waals surface area contributed by atoms with Crippen molar-refractivity contribution in [1.29, 1.82) is 0 Å². The summed E-state index contributed by atoms with van der Waals surface area (Å²) in [5, 5.41) is 19.2. The second-order valence-corrected chi connectivity index (χ2v) is 12.5. The second kappa shape index (κ2) is 15.2. The lowest BCUT2D eigenvalue weighted by Gasteiger charge is -2.45. The molecule has 2 N–H and O–H groups in total. The molecule has 2 heterocycles. The topological polar surface area (TPSA) is 81.1 Å². The first-order valence-electron chi connectivity index (χ1n) is 15.7. The third kappa shape index (κ3) is 8.42. The van der Waals surface area contributed by atoms with E-state index in [1.807, 2.05) is 21.9 Å². The number of fused-ring (bicyclic) bond motifs is 1. The van der Waals surface area contributed by atoms with E-state index in [2.05, 4.69) is 26.0 Å². The molecule has 2 unspecified atom stereocenters. The van der Waals surface area contributed by atoms with Crippen molar-refractivity contribution < 1.29 is 46.1 Å². The van der Waals surface area contributed by atoms with Crippen LogP contribution in [0.15, 0.2) is 42.5 Å². The van der Waals surface area contributed by atoms with Gasteiger partial charge in [-0.3, -0.25) is 9.59 Å². The van der Waals surface area contributed by atoms with Crippen LogP contribution < -0.4 is 0 Å². The van der Waals surface area contributed by atoms with Crippen LogP contribution >= 0.6 is 0 Å². The number of aliphatic hydroxyl groups is 2. The Kier molecular flexibility index (Phi) is 12.3. The maximum atomic E-state index is 13.4. The number of rotatable bonds is 9. The maximum absolute atomic E-state index is 13.4. The zero-order chi connectivity index (χ0) is 34.4. The Bertz CT molecular complexity index is 1310. The number of aliphatic hydroxyl groups excluding tert-OH is 2. The van der Waals surface area contributed by atoms with Gasteiger partial charge in [-0.25, -0.2) is 0 Å². The number of hydrogen-bond acceptors (Lipinski definition) is 4. The van der Waals surface area contributed by atoms with E-state index in [0.717, 1.165) is 36.1 Å². The molecule has 46 heavy (non-hydrogen) atoms. The number of amides is 2. The molecule has 6 nitrogen and oxygen atoms in total. The van der Waals surface area contributed by atoms with Crippen LogP contribution in [0.4, 0.5) is 26.3 Å². The van der Waals surface area contributed by atoms with Crippen LogP contribution in [0.25, 0.3) is 0 Å². The first-order chi connectivity index (χ1) is 21.5. The molecular formula is C34H44F6N2O4. The van der Waals surface area contributed by atoms with Gasteiger partial charge in [0.2, 0.25) is 11.8 Å². The fraction of sp³-hybridized carbons (Fsp3) is 0.588. The number of hydrogen-bond donors (Lipinski definition) is 2. The number of benzene rings is 2. The molecule has 12 heteroatoms. The average molecular weight is 659 g/mol. The first-order valence-corrected chi connectivity index (χ1v) is 15.7. The van der Waals surface area contributed by atoms with Crippen molar-refractivity contribution in [3.63, 3.8) is 0 Å². The molecule has 0 radical (unpaired) electrons. The van der Waals surface area contributed by atoms with E-state index in [1.165, 1.54) is 13.8 Å². The smallest absolute Gasteiger partial charge is 0.396 e. The van der Waals surface area contributed by atoms with Crippen LogP contribution in [0.1, 0.15) is 99.1 Å². The lowest BCUT2D eigenvalue weighted by atomic mass is 9.77. The van der Waals surface area contributed by atoms with E-state index >= 15 is 0 Å². The van der Waals surface area contributed by atoms with Gasteiger partial charge in [0.1, 0.15) is 0 Å². The molecule has 2 fully saturated rings. The first kappa shape index (κ1) is 37.3. The van der Waals surface area contributed by atoms with Crippen LogP contribution in [0.2, 0.25) is 0 Å². The van der Waals surface area contributed by atoms with Crippen molar-refractivity contribution in [1.82, 2.24) is 9.80 Å². The summed E-state index contributed by atoms with van der Waals surface area (Å²) in [5.74, 6) is -0.239. The molecule has 2 aliphatic heterocycles. The van der Waals surface area contributed by atoms with Gasteiger partial charge in [0, 0.05) is 32.7 Å². The summed E-state index contributed by atoms with van der Waals surface area (Å²) in [6.45, 7) is 8.08. The summed E-state index contributed by atoms with van der Waals surface area (Å²) in [7, 11) is 0. The van der Waals surface area contributed by atoms with Gasteiger partial charge in [0.15, 0.2) is 0 Å². The van der Waals surface area contributed by atoms with Gasteiger partial charge in [-0.15, -0.1) is 0 Å². The van der Waals surface area contributed by atoms with E-state index in [1.54, 1.807) is 0 Å². The summed E-state index contributed by atoms with van der Waals surface area (Å²) in [5.41, 5.74) is -1.05. The second-order valence-electron chi connectivity index (χ2n) is 12.5. The Morgan fingerprint density at radius 2 is 1.52 bits per heavy atom. The lowest BCUT2D eigenvalue weighted by molar-refractivity contribution is -0.146.